The SMILES string of the molecule is Nc1cc(F)cc(NCc2cccc(Br)c2)c1. The summed E-state index contributed by atoms with van der Waals surface area (Å²) in [6.07, 6.45) is 0. The first-order valence-corrected chi connectivity index (χ1v) is 5.97. The van der Waals surface area contributed by atoms with E-state index < -0.39 is 0 Å². The van der Waals surface area contributed by atoms with Crippen LogP contribution < -0.4 is 11.1 Å². The molecule has 0 atom stereocenters. The average molecular weight is 295 g/mol. The van der Waals surface area contributed by atoms with Gasteiger partial charge in [0.25, 0.3) is 0 Å². The van der Waals surface area contributed by atoms with Gasteiger partial charge in [0.1, 0.15) is 5.82 Å². The molecule has 0 aliphatic heterocycles. The Labute approximate surface area is 108 Å². The molecule has 4 heteroatoms. The lowest BCUT2D eigenvalue weighted by molar-refractivity contribution is 0.629. The summed E-state index contributed by atoms with van der Waals surface area (Å²) in [5.41, 5.74) is 7.78. The molecule has 2 rings (SSSR count). The number of halogens is 2. The van der Waals surface area contributed by atoms with E-state index in [1.54, 1.807) is 6.07 Å². The van der Waals surface area contributed by atoms with Crippen molar-refractivity contribution in [3.05, 3.63) is 58.3 Å². The maximum Gasteiger partial charge on any atom is 0.127 e. The Hall–Kier alpha value is -1.55. The molecule has 0 aromatic heterocycles. The van der Waals surface area contributed by atoms with Crippen LogP contribution in [0.2, 0.25) is 0 Å². The Balaban J connectivity index is 2.07. The second-order valence-corrected chi connectivity index (χ2v) is 4.67. The summed E-state index contributed by atoms with van der Waals surface area (Å²) in [6, 6.07) is 12.4. The Bertz CT molecular complexity index is 508. The smallest absolute Gasteiger partial charge is 0.127 e. The van der Waals surface area contributed by atoms with E-state index in [1.165, 1.54) is 12.1 Å². The van der Waals surface area contributed by atoms with Crippen molar-refractivity contribution >= 4 is 27.3 Å². The fourth-order valence-corrected chi connectivity index (χ4v) is 2.01. The van der Waals surface area contributed by atoms with E-state index in [9.17, 15) is 4.39 Å². The molecule has 0 fully saturated rings. The molecule has 0 bridgehead atoms. The van der Waals surface area contributed by atoms with E-state index in [2.05, 4.69) is 21.2 Å². The van der Waals surface area contributed by atoms with Crippen LogP contribution >= 0.6 is 15.9 Å². The highest BCUT2D eigenvalue weighted by molar-refractivity contribution is 9.10. The van der Waals surface area contributed by atoms with Crippen molar-refractivity contribution in [1.29, 1.82) is 0 Å². The maximum atomic E-state index is 13.1. The Morgan fingerprint density at radius 3 is 2.71 bits per heavy atom. The Morgan fingerprint density at radius 2 is 2.00 bits per heavy atom. The van der Waals surface area contributed by atoms with Crippen molar-refractivity contribution in [3.8, 4) is 0 Å². The van der Waals surface area contributed by atoms with Gasteiger partial charge in [-0.15, -0.1) is 0 Å². The van der Waals surface area contributed by atoms with Gasteiger partial charge in [-0.25, -0.2) is 4.39 Å². The van der Waals surface area contributed by atoms with Gasteiger partial charge in [-0.05, 0) is 35.9 Å². The lowest BCUT2D eigenvalue weighted by Crippen LogP contribution is -2.00. The zero-order chi connectivity index (χ0) is 12.3. The number of anilines is 2. The van der Waals surface area contributed by atoms with Crippen LogP contribution in [0.1, 0.15) is 5.56 Å². The molecule has 0 radical (unpaired) electrons. The monoisotopic (exact) mass is 294 g/mol. The molecule has 88 valence electrons. The summed E-state index contributed by atoms with van der Waals surface area (Å²) in [7, 11) is 0. The van der Waals surface area contributed by atoms with Crippen LogP contribution in [0.3, 0.4) is 0 Å². The van der Waals surface area contributed by atoms with Crippen molar-refractivity contribution in [1.82, 2.24) is 0 Å². The molecule has 0 aliphatic carbocycles. The van der Waals surface area contributed by atoms with Crippen molar-refractivity contribution in [2.75, 3.05) is 11.1 Å². The maximum absolute atomic E-state index is 13.1. The predicted octanol–water partition coefficient (Wildman–Crippen LogP) is 3.78. The second-order valence-electron chi connectivity index (χ2n) is 3.76. The topological polar surface area (TPSA) is 38.0 Å². The number of hydrogen-bond acceptors (Lipinski definition) is 2. The van der Waals surface area contributed by atoms with Crippen molar-refractivity contribution in [2.24, 2.45) is 0 Å². The zero-order valence-corrected chi connectivity index (χ0v) is 10.7. The molecule has 17 heavy (non-hydrogen) atoms. The minimum atomic E-state index is -0.332. The number of rotatable bonds is 3. The molecular weight excluding hydrogens is 283 g/mol. The van der Waals surface area contributed by atoms with Crippen molar-refractivity contribution < 1.29 is 4.39 Å². The van der Waals surface area contributed by atoms with Gasteiger partial charge in [0.2, 0.25) is 0 Å². The van der Waals surface area contributed by atoms with Crippen molar-refractivity contribution in [3.63, 3.8) is 0 Å². The average Bonchev–Trinajstić information content (AvgIpc) is 2.25. The van der Waals surface area contributed by atoms with Gasteiger partial charge in [0, 0.05) is 22.4 Å². The molecule has 2 aromatic rings. The minimum absolute atomic E-state index is 0.332. The largest absolute Gasteiger partial charge is 0.399 e. The first-order valence-electron chi connectivity index (χ1n) is 5.18. The molecule has 2 aromatic carbocycles. The van der Waals surface area contributed by atoms with Crippen LogP contribution in [0.4, 0.5) is 15.8 Å². The van der Waals surface area contributed by atoms with Crippen LogP contribution in [-0.2, 0) is 6.54 Å². The molecule has 0 heterocycles. The molecule has 0 amide bonds. The third kappa shape index (κ3) is 3.46. The molecular formula is C13H12BrFN2. The van der Waals surface area contributed by atoms with Gasteiger partial charge in [0.05, 0.1) is 0 Å². The van der Waals surface area contributed by atoms with Gasteiger partial charge in [0.15, 0.2) is 0 Å². The zero-order valence-electron chi connectivity index (χ0n) is 9.08. The highest BCUT2D eigenvalue weighted by atomic mass is 79.9. The number of nitrogens with two attached hydrogens (primary N) is 1. The van der Waals surface area contributed by atoms with Crippen LogP contribution in [0.5, 0.6) is 0 Å². The molecule has 0 saturated heterocycles. The first kappa shape index (κ1) is 11.9. The fourth-order valence-electron chi connectivity index (χ4n) is 1.57. The van der Waals surface area contributed by atoms with Crippen LogP contribution in [0.15, 0.2) is 46.9 Å². The summed E-state index contributed by atoms with van der Waals surface area (Å²) in [6.45, 7) is 0.627. The number of hydrogen-bond donors (Lipinski definition) is 2. The van der Waals surface area contributed by atoms with E-state index in [4.69, 9.17) is 5.73 Å². The number of nitrogens with one attached hydrogen (secondary N) is 1. The molecule has 0 saturated carbocycles. The highest BCUT2D eigenvalue weighted by Gasteiger charge is 1.99. The van der Waals surface area contributed by atoms with Gasteiger partial charge in [-0.3, -0.25) is 0 Å². The Morgan fingerprint density at radius 1 is 1.18 bits per heavy atom. The normalized spacial score (nSPS) is 10.2. The predicted molar refractivity (Wildman–Crippen MR) is 72.3 cm³/mol. The van der Waals surface area contributed by atoms with Gasteiger partial charge in [-0.1, -0.05) is 28.1 Å². The van der Waals surface area contributed by atoms with E-state index in [0.29, 0.717) is 17.9 Å². The van der Waals surface area contributed by atoms with E-state index >= 15 is 0 Å². The summed E-state index contributed by atoms with van der Waals surface area (Å²) in [5.74, 6) is -0.332. The lowest BCUT2D eigenvalue weighted by Gasteiger charge is -2.08. The summed E-state index contributed by atoms with van der Waals surface area (Å²) in [5, 5.41) is 3.13. The fraction of sp³-hybridized carbons (Fsp3) is 0.0769. The van der Waals surface area contributed by atoms with Crippen LogP contribution in [0, 0.1) is 5.82 Å². The number of benzene rings is 2. The lowest BCUT2D eigenvalue weighted by atomic mass is 10.2. The quantitative estimate of drug-likeness (QED) is 0.846. The number of nitrogen functional groups attached to an aromatic ring is 1. The summed E-state index contributed by atoms with van der Waals surface area (Å²) in [4.78, 5) is 0. The third-order valence-electron chi connectivity index (χ3n) is 2.31. The Kier molecular flexibility index (Phi) is 3.64. The molecule has 0 unspecified atom stereocenters. The molecule has 3 N–H and O–H groups in total. The van der Waals surface area contributed by atoms with Crippen molar-refractivity contribution in [2.45, 2.75) is 6.54 Å². The van der Waals surface area contributed by atoms with Gasteiger partial charge in [-0.2, -0.15) is 0 Å². The van der Waals surface area contributed by atoms with Gasteiger partial charge < -0.3 is 11.1 Å². The molecule has 0 aliphatic rings. The molecule has 0 spiro atoms. The highest BCUT2D eigenvalue weighted by Crippen LogP contribution is 2.17. The standard InChI is InChI=1S/C13H12BrFN2/c14-10-3-1-2-9(4-10)8-17-13-6-11(15)5-12(16)7-13/h1-7,17H,8,16H2. The molecule has 2 nitrogen and oxygen atoms in total. The summed E-state index contributed by atoms with van der Waals surface area (Å²) >= 11 is 3.40. The van der Waals surface area contributed by atoms with E-state index in [-0.39, 0.29) is 5.82 Å². The van der Waals surface area contributed by atoms with E-state index in [1.807, 2.05) is 24.3 Å². The van der Waals surface area contributed by atoms with Crippen LogP contribution in [-0.4, -0.2) is 0 Å². The third-order valence-corrected chi connectivity index (χ3v) is 2.80. The summed E-state index contributed by atoms with van der Waals surface area (Å²) < 4.78 is 14.1. The van der Waals surface area contributed by atoms with E-state index in [0.717, 1.165) is 10.0 Å². The first-order chi connectivity index (χ1) is 8.13. The van der Waals surface area contributed by atoms with Gasteiger partial charge >= 0.3 is 0 Å². The minimum Gasteiger partial charge on any atom is -0.399 e. The van der Waals surface area contributed by atoms with Crippen LogP contribution in [0.25, 0.3) is 0 Å². The second kappa shape index (κ2) is 5.19.